The van der Waals surface area contributed by atoms with E-state index in [1.54, 1.807) is 0 Å². The molecule has 1 aliphatic rings. The van der Waals surface area contributed by atoms with Crippen LogP contribution in [-0.4, -0.2) is 11.4 Å². The van der Waals surface area contributed by atoms with Crippen LogP contribution in [0.15, 0.2) is 30.9 Å². The lowest BCUT2D eigenvalue weighted by Gasteiger charge is -2.10. The fraction of sp³-hybridized carbons (Fsp3) is 0.250. The lowest BCUT2D eigenvalue weighted by molar-refractivity contribution is 0.317. The van der Waals surface area contributed by atoms with Crippen molar-refractivity contribution >= 4 is 0 Å². The quantitative estimate of drug-likeness (QED) is 0.619. The molecule has 0 spiro atoms. The van der Waals surface area contributed by atoms with E-state index >= 15 is 0 Å². The van der Waals surface area contributed by atoms with E-state index in [9.17, 15) is 0 Å². The van der Waals surface area contributed by atoms with Crippen LogP contribution in [0.2, 0.25) is 0 Å². The van der Waals surface area contributed by atoms with E-state index in [-0.39, 0.29) is 0 Å². The molecule has 13 heavy (non-hydrogen) atoms. The molecule has 0 fully saturated rings. The topological polar surface area (TPSA) is 3.24 Å². The maximum atomic E-state index is 3.93. The molecular formula is C12H14N. The molecule has 1 aromatic carbocycles. The van der Waals surface area contributed by atoms with Gasteiger partial charge in [-0.2, -0.15) is 0 Å². The Morgan fingerprint density at radius 2 is 2.08 bits per heavy atom. The Balaban J connectivity index is 2.20. The molecule has 0 atom stereocenters. The standard InChI is InChI=1S/C12H14N/c1-3-6-13-8-11-5-4-10(2)7-12(11)9-13/h3-5,7H,1-2,6,8-9H2. The summed E-state index contributed by atoms with van der Waals surface area (Å²) >= 11 is 0. The summed E-state index contributed by atoms with van der Waals surface area (Å²) in [6.45, 7) is 10.8. The van der Waals surface area contributed by atoms with Crippen LogP contribution in [-0.2, 0) is 13.1 Å². The Labute approximate surface area is 79.7 Å². The molecule has 0 aromatic heterocycles. The zero-order chi connectivity index (χ0) is 9.26. The van der Waals surface area contributed by atoms with E-state index in [4.69, 9.17) is 0 Å². The van der Waals surface area contributed by atoms with Gasteiger partial charge in [-0.1, -0.05) is 24.3 Å². The first-order chi connectivity index (χ1) is 6.29. The summed E-state index contributed by atoms with van der Waals surface area (Å²) in [5, 5.41) is 0. The molecular weight excluding hydrogens is 158 g/mol. The Bertz CT molecular complexity index is 328. The van der Waals surface area contributed by atoms with E-state index in [1.807, 2.05) is 6.08 Å². The predicted octanol–water partition coefficient (Wildman–Crippen LogP) is 2.37. The Morgan fingerprint density at radius 1 is 1.31 bits per heavy atom. The number of hydrogen-bond donors (Lipinski definition) is 0. The molecule has 0 saturated heterocycles. The van der Waals surface area contributed by atoms with Gasteiger partial charge >= 0.3 is 0 Å². The molecule has 2 rings (SSSR count). The monoisotopic (exact) mass is 172 g/mol. The number of fused-ring (bicyclic) bond motifs is 1. The molecule has 1 nitrogen and oxygen atoms in total. The van der Waals surface area contributed by atoms with Gasteiger partial charge in [0, 0.05) is 19.6 Å². The normalized spacial score (nSPS) is 15.8. The summed E-state index contributed by atoms with van der Waals surface area (Å²) in [5.74, 6) is 0. The number of benzene rings is 1. The third kappa shape index (κ3) is 1.65. The van der Waals surface area contributed by atoms with Gasteiger partial charge in [-0.3, -0.25) is 4.90 Å². The van der Waals surface area contributed by atoms with Crippen LogP contribution < -0.4 is 0 Å². The second kappa shape index (κ2) is 3.35. The van der Waals surface area contributed by atoms with Crippen LogP contribution in [0.5, 0.6) is 0 Å². The third-order valence-corrected chi connectivity index (χ3v) is 2.45. The summed E-state index contributed by atoms with van der Waals surface area (Å²) < 4.78 is 0. The second-order valence-corrected chi connectivity index (χ2v) is 3.56. The molecule has 0 saturated carbocycles. The number of nitrogens with zero attached hydrogens (tertiary/aromatic N) is 1. The van der Waals surface area contributed by atoms with Gasteiger partial charge in [-0.05, 0) is 23.6 Å². The smallest absolute Gasteiger partial charge is 0.0243 e. The van der Waals surface area contributed by atoms with E-state index in [1.165, 1.54) is 11.1 Å². The van der Waals surface area contributed by atoms with Gasteiger partial charge in [0.2, 0.25) is 0 Å². The number of rotatable bonds is 2. The lowest BCUT2D eigenvalue weighted by Crippen LogP contribution is -2.15. The van der Waals surface area contributed by atoms with Crippen molar-refractivity contribution in [3.8, 4) is 0 Å². The molecule has 0 aliphatic carbocycles. The van der Waals surface area contributed by atoms with Crippen molar-refractivity contribution in [2.75, 3.05) is 6.54 Å². The highest BCUT2D eigenvalue weighted by molar-refractivity contribution is 5.35. The highest BCUT2D eigenvalue weighted by Crippen LogP contribution is 2.23. The van der Waals surface area contributed by atoms with Gasteiger partial charge in [0.15, 0.2) is 0 Å². The molecule has 1 aliphatic heterocycles. The van der Waals surface area contributed by atoms with Gasteiger partial charge in [0.1, 0.15) is 0 Å². The first-order valence-corrected chi connectivity index (χ1v) is 4.56. The minimum absolute atomic E-state index is 0.973. The van der Waals surface area contributed by atoms with Crippen LogP contribution in [0.1, 0.15) is 16.7 Å². The molecule has 1 radical (unpaired) electrons. The Morgan fingerprint density at radius 3 is 2.85 bits per heavy atom. The van der Waals surface area contributed by atoms with Gasteiger partial charge in [0.25, 0.3) is 0 Å². The van der Waals surface area contributed by atoms with Crippen LogP contribution in [0, 0.1) is 6.92 Å². The second-order valence-electron chi connectivity index (χ2n) is 3.56. The lowest BCUT2D eigenvalue weighted by atomic mass is 10.1. The van der Waals surface area contributed by atoms with Crippen LogP contribution >= 0.6 is 0 Å². The van der Waals surface area contributed by atoms with Gasteiger partial charge in [-0.15, -0.1) is 6.58 Å². The molecule has 1 heterocycles. The summed E-state index contributed by atoms with van der Waals surface area (Å²) in [5.41, 5.74) is 3.97. The first kappa shape index (κ1) is 8.52. The average Bonchev–Trinajstić information content (AvgIpc) is 2.46. The highest BCUT2D eigenvalue weighted by atomic mass is 15.1. The fourth-order valence-electron chi connectivity index (χ4n) is 1.83. The van der Waals surface area contributed by atoms with Crippen molar-refractivity contribution in [2.24, 2.45) is 0 Å². The minimum atomic E-state index is 0.973. The van der Waals surface area contributed by atoms with Gasteiger partial charge in [0.05, 0.1) is 0 Å². The minimum Gasteiger partial charge on any atom is -0.291 e. The Kier molecular flexibility index (Phi) is 2.19. The van der Waals surface area contributed by atoms with Crippen molar-refractivity contribution in [2.45, 2.75) is 13.1 Å². The van der Waals surface area contributed by atoms with Crippen molar-refractivity contribution in [3.63, 3.8) is 0 Å². The zero-order valence-corrected chi connectivity index (χ0v) is 7.79. The molecule has 1 aromatic rings. The average molecular weight is 172 g/mol. The molecule has 0 bridgehead atoms. The van der Waals surface area contributed by atoms with Crippen LogP contribution in [0.25, 0.3) is 0 Å². The van der Waals surface area contributed by atoms with Crippen molar-refractivity contribution < 1.29 is 0 Å². The van der Waals surface area contributed by atoms with Crippen LogP contribution in [0.4, 0.5) is 0 Å². The molecule has 0 N–H and O–H groups in total. The maximum Gasteiger partial charge on any atom is 0.0243 e. The first-order valence-electron chi connectivity index (χ1n) is 4.56. The fourth-order valence-corrected chi connectivity index (χ4v) is 1.83. The summed E-state index contributed by atoms with van der Waals surface area (Å²) in [6.07, 6.45) is 1.96. The van der Waals surface area contributed by atoms with E-state index in [2.05, 4.69) is 36.6 Å². The van der Waals surface area contributed by atoms with Crippen LogP contribution in [0.3, 0.4) is 0 Å². The summed E-state index contributed by atoms with van der Waals surface area (Å²) in [6, 6.07) is 6.44. The van der Waals surface area contributed by atoms with Crippen molar-refractivity contribution in [1.82, 2.24) is 4.90 Å². The summed E-state index contributed by atoms with van der Waals surface area (Å²) in [7, 11) is 0. The Hall–Kier alpha value is -1.08. The maximum absolute atomic E-state index is 3.93. The van der Waals surface area contributed by atoms with E-state index in [0.717, 1.165) is 25.2 Å². The van der Waals surface area contributed by atoms with E-state index in [0.29, 0.717) is 0 Å². The SMILES string of the molecule is [CH2]c1ccc2c(c1)CN(CC=C)C2. The van der Waals surface area contributed by atoms with E-state index < -0.39 is 0 Å². The third-order valence-electron chi connectivity index (χ3n) is 2.45. The van der Waals surface area contributed by atoms with Gasteiger partial charge in [-0.25, -0.2) is 0 Å². The van der Waals surface area contributed by atoms with Crippen molar-refractivity contribution in [3.05, 3.63) is 54.5 Å². The molecule has 0 unspecified atom stereocenters. The number of hydrogen-bond acceptors (Lipinski definition) is 1. The molecule has 0 amide bonds. The molecule has 1 heteroatoms. The van der Waals surface area contributed by atoms with Crippen molar-refractivity contribution in [1.29, 1.82) is 0 Å². The zero-order valence-electron chi connectivity index (χ0n) is 7.79. The highest BCUT2D eigenvalue weighted by Gasteiger charge is 2.16. The predicted molar refractivity (Wildman–Crippen MR) is 55.2 cm³/mol. The molecule has 67 valence electrons. The largest absolute Gasteiger partial charge is 0.291 e. The summed E-state index contributed by atoms with van der Waals surface area (Å²) in [4.78, 5) is 2.37. The van der Waals surface area contributed by atoms with Gasteiger partial charge < -0.3 is 0 Å².